The second kappa shape index (κ2) is 11.0. The average molecular weight is 474 g/mol. The normalized spacial score (nSPS) is 14.9. The molecule has 2 heterocycles. The molecule has 1 aliphatic heterocycles. The van der Waals surface area contributed by atoms with Crippen molar-refractivity contribution in [3.8, 4) is 5.69 Å². The Bertz CT molecular complexity index is 1140. The third-order valence-corrected chi connectivity index (χ3v) is 7.39. The highest BCUT2D eigenvalue weighted by Crippen LogP contribution is 2.31. The molecule has 0 aliphatic carbocycles. The van der Waals surface area contributed by atoms with Gasteiger partial charge < -0.3 is 9.80 Å². The molecule has 3 aromatic rings. The molecule has 1 saturated heterocycles. The van der Waals surface area contributed by atoms with E-state index in [0.717, 1.165) is 51.4 Å². The number of rotatable bonds is 8. The summed E-state index contributed by atoms with van der Waals surface area (Å²) in [4.78, 5) is 7.60. The van der Waals surface area contributed by atoms with Gasteiger partial charge in [0, 0.05) is 50.9 Å². The zero-order chi connectivity index (χ0) is 25.1. The Morgan fingerprint density at radius 3 is 2.29 bits per heavy atom. The van der Waals surface area contributed by atoms with Gasteiger partial charge in [-0.2, -0.15) is 5.10 Å². The Hall–Kier alpha value is -2.63. The Kier molecular flexibility index (Phi) is 7.98. The van der Waals surface area contributed by atoms with Crippen molar-refractivity contribution in [1.82, 2.24) is 19.6 Å². The molecule has 5 heteroatoms. The van der Waals surface area contributed by atoms with E-state index in [1.54, 1.807) is 0 Å². The van der Waals surface area contributed by atoms with Crippen LogP contribution >= 0.6 is 0 Å². The van der Waals surface area contributed by atoms with Crippen molar-refractivity contribution in [2.75, 3.05) is 38.1 Å². The number of piperazine rings is 1. The molecular formula is C30H43N5. The summed E-state index contributed by atoms with van der Waals surface area (Å²) in [5, 5.41) is 5.22. The Balaban J connectivity index is 1.77. The third-order valence-electron chi connectivity index (χ3n) is 7.39. The molecule has 35 heavy (non-hydrogen) atoms. The first kappa shape index (κ1) is 25.5. The van der Waals surface area contributed by atoms with Crippen LogP contribution in [-0.4, -0.2) is 58.8 Å². The lowest BCUT2D eigenvalue weighted by Crippen LogP contribution is -2.45. The van der Waals surface area contributed by atoms with E-state index >= 15 is 0 Å². The van der Waals surface area contributed by atoms with Crippen LogP contribution in [0.1, 0.15) is 54.3 Å². The monoisotopic (exact) mass is 473 g/mol. The van der Waals surface area contributed by atoms with E-state index in [-0.39, 0.29) is 0 Å². The van der Waals surface area contributed by atoms with Gasteiger partial charge in [-0.1, -0.05) is 42.8 Å². The molecule has 2 aromatic carbocycles. The Morgan fingerprint density at radius 2 is 1.63 bits per heavy atom. The summed E-state index contributed by atoms with van der Waals surface area (Å²) in [6.45, 7) is 19.5. The molecule has 0 atom stereocenters. The molecule has 0 spiro atoms. The van der Waals surface area contributed by atoms with Crippen molar-refractivity contribution in [2.45, 2.75) is 67.1 Å². The minimum Gasteiger partial charge on any atom is -0.354 e. The summed E-state index contributed by atoms with van der Waals surface area (Å²) < 4.78 is 2.23. The molecule has 5 nitrogen and oxygen atoms in total. The van der Waals surface area contributed by atoms with Crippen LogP contribution < -0.4 is 4.90 Å². The largest absolute Gasteiger partial charge is 0.354 e. The van der Waals surface area contributed by atoms with Crippen LogP contribution in [0, 0.1) is 20.8 Å². The third kappa shape index (κ3) is 5.79. The number of anilines is 1. The maximum Gasteiger partial charge on any atom is 0.137 e. The van der Waals surface area contributed by atoms with E-state index in [4.69, 9.17) is 5.10 Å². The highest BCUT2D eigenvalue weighted by atomic mass is 15.4. The van der Waals surface area contributed by atoms with Crippen LogP contribution in [0.5, 0.6) is 0 Å². The van der Waals surface area contributed by atoms with Gasteiger partial charge in [0.25, 0.3) is 0 Å². The first-order valence-electron chi connectivity index (χ1n) is 13.2. The standard InChI is InChI=1S/C30H43N5/c1-8-29-28(21-34(22(2)3)20-26-18-24(5)12-13-25(26)6)30(33-16-14-32(7)15-17-33)35(31-29)27-11-9-10-23(4)19-27/h9-13,18-19,22H,8,14-17,20-21H2,1-7H3. The molecule has 0 radical (unpaired) electrons. The molecule has 1 aliphatic rings. The topological polar surface area (TPSA) is 27.5 Å². The molecule has 1 fully saturated rings. The molecule has 0 unspecified atom stereocenters. The van der Waals surface area contributed by atoms with Crippen molar-refractivity contribution in [2.24, 2.45) is 0 Å². The first-order chi connectivity index (χ1) is 16.8. The lowest BCUT2D eigenvalue weighted by molar-refractivity contribution is 0.202. The number of benzene rings is 2. The second-order valence-electron chi connectivity index (χ2n) is 10.6. The average Bonchev–Trinajstić information content (AvgIpc) is 3.19. The van der Waals surface area contributed by atoms with E-state index in [1.165, 1.54) is 39.3 Å². The number of nitrogens with zero attached hydrogens (tertiary/aromatic N) is 5. The number of aromatic nitrogens is 2. The minimum atomic E-state index is 0.433. The fourth-order valence-electron chi connectivity index (χ4n) is 5.03. The van der Waals surface area contributed by atoms with Crippen LogP contribution in [0.15, 0.2) is 42.5 Å². The van der Waals surface area contributed by atoms with Crippen LogP contribution in [0.3, 0.4) is 0 Å². The van der Waals surface area contributed by atoms with Gasteiger partial charge in [0.2, 0.25) is 0 Å². The first-order valence-corrected chi connectivity index (χ1v) is 13.2. The molecule has 0 bridgehead atoms. The highest BCUT2D eigenvalue weighted by molar-refractivity contribution is 5.56. The van der Waals surface area contributed by atoms with Gasteiger partial charge in [-0.05, 0) is 76.9 Å². The number of hydrogen-bond donors (Lipinski definition) is 0. The maximum atomic E-state index is 5.22. The maximum absolute atomic E-state index is 5.22. The molecule has 0 N–H and O–H groups in total. The van der Waals surface area contributed by atoms with Gasteiger partial charge in [0.1, 0.15) is 5.82 Å². The summed E-state index contributed by atoms with van der Waals surface area (Å²) >= 11 is 0. The van der Waals surface area contributed by atoms with E-state index in [9.17, 15) is 0 Å². The van der Waals surface area contributed by atoms with Crippen molar-refractivity contribution < 1.29 is 0 Å². The Morgan fingerprint density at radius 1 is 0.914 bits per heavy atom. The molecule has 0 amide bonds. The fourth-order valence-corrected chi connectivity index (χ4v) is 5.03. The molecular weight excluding hydrogens is 430 g/mol. The highest BCUT2D eigenvalue weighted by Gasteiger charge is 2.27. The van der Waals surface area contributed by atoms with Crippen molar-refractivity contribution in [3.05, 3.63) is 76.0 Å². The summed E-state index contributed by atoms with van der Waals surface area (Å²) in [5.41, 5.74) is 9.14. The van der Waals surface area contributed by atoms with E-state index in [2.05, 4.69) is 110 Å². The predicted octanol–water partition coefficient (Wildman–Crippen LogP) is 5.52. The van der Waals surface area contributed by atoms with E-state index in [0.29, 0.717) is 6.04 Å². The van der Waals surface area contributed by atoms with Gasteiger partial charge in [-0.15, -0.1) is 0 Å². The Labute approximate surface area is 212 Å². The molecule has 188 valence electrons. The summed E-state index contributed by atoms with van der Waals surface area (Å²) in [5.74, 6) is 1.28. The lowest BCUT2D eigenvalue weighted by atomic mass is 10.0. The zero-order valence-corrected chi connectivity index (χ0v) is 22.8. The van der Waals surface area contributed by atoms with Gasteiger partial charge in [0.05, 0.1) is 11.4 Å². The summed E-state index contributed by atoms with van der Waals surface area (Å²) in [6.07, 6.45) is 0.935. The summed E-state index contributed by atoms with van der Waals surface area (Å²) in [7, 11) is 2.22. The number of hydrogen-bond acceptors (Lipinski definition) is 4. The van der Waals surface area contributed by atoms with Crippen LogP contribution in [0.25, 0.3) is 5.69 Å². The fraction of sp³-hybridized carbons (Fsp3) is 0.500. The molecule has 4 rings (SSSR count). The quantitative estimate of drug-likeness (QED) is 0.430. The number of aryl methyl sites for hydroxylation is 4. The minimum absolute atomic E-state index is 0.433. The van der Waals surface area contributed by atoms with Crippen LogP contribution in [0.4, 0.5) is 5.82 Å². The zero-order valence-electron chi connectivity index (χ0n) is 22.8. The van der Waals surface area contributed by atoms with Crippen molar-refractivity contribution in [1.29, 1.82) is 0 Å². The second-order valence-corrected chi connectivity index (χ2v) is 10.6. The molecule has 0 saturated carbocycles. The van der Waals surface area contributed by atoms with Gasteiger partial charge in [-0.3, -0.25) is 4.90 Å². The SMILES string of the molecule is CCc1nn(-c2cccc(C)c2)c(N2CCN(C)CC2)c1CN(Cc1cc(C)ccc1C)C(C)C. The number of likely N-dealkylation sites (N-methyl/N-ethyl adjacent to an activating group) is 1. The van der Waals surface area contributed by atoms with Gasteiger partial charge in [0.15, 0.2) is 0 Å². The van der Waals surface area contributed by atoms with Crippen molar-refractivity contribution in [3.63, 3.8) is 0 Å². The van der Waals surface area contributed by atoms with E-state index in [1.807, 2.05) is 0 Å². The molecule has 1 aromatic heterocycles. The van der Waals surface area contributed by atoms with Crippen molar-refractivity contribution >= 4 is 5.82 Å². The lowest BCUT2D eigenvalue weighted by Gasteiger charge is -2.35. The van der Waals surface area contributed by atoms with Gasteiger partial charge in [-0.25, -0.2) is 4.68 Å². The van der Waals surface area contributed by atoms with Gasteiger partial charge >= 0.3 is 0 Å². The predicted molar refractivity (Wildman–Crippen MR) is 148 cm³/mol. The van der Waals surface area contributed by atoms with Crippen LogP contribution in [0.2, 0.25) is 0 Å². The smallest absolute Gasteiger partial charge is 0.137 e. The summed E-state index contributed by atoms with van der Waals surface area (Å²) in [6, 6.07) is 16.0. The van der Waals surface area contributed by atoms with E-state index < -0.39 is 0 Å². The van der Waals surface area contributed by atoms with Crippen LogP contribution in [-0.2, 0) is 19.5 Å².